The first-order valence-corrected chi connectivity index (χ1v) is 6.66. The molecule has 0 fully saturated rings. The Bertz CT molecular complexity index is 279. The van der Waals surface area contributed by atoms with Gasteiger partial charge in [-0.3, -0.25) is 0 Å². The van der Waals surface area contributed by atoms with Crippen LogP contribution < -0.4 is 4.74 Å². The third-order valence-corrected chi connectivity index (χ3v) is 3.38. The second-order valence-corrected chi connectivity index (χ2v) is 4.94. The van der Waals surface area contributed by atoms with Gasteiger partial charge in [0.05, 0.1) is 15.6 Å². The van der Waals surface area contributed by atoms with Crippen molar-refractivity contribution < 1.29 is 4.74 Å². The van der Waals surface area contributed by atoms with Crippen molar-refractivity contribution in [2.24, 2.45) is 0 Å². The molecule has 13 heavy (non-hydrogen) atoms. The smallest absolute Gasteiger partial charge is 0.147 e. The van der Waals surface area contributed by atoms with Crippen LogP contribution in [0.25, 0.3) is 0 Å². The van der Waals surface area contributed by atoms with Crippen LogP contribution in [0.2, 0.25) is 0 Å². The normalized spacial score (nSPS) is 10.2. The lowest BCUT2D eigenvalue weighted by Gasteiger charge is -2.09. The quantitative estimate of drug-likeness (QED) is 0.765. The summed E-state index contributed by atoms with van der Waals surface area (Å²) in [6.45, 7) is 2.65. The van der Waals surface area contributed by atoms with Gasteiger partial charge in [0, 0.05) is 4.90 Å². The van der Waals surface area contributed by atoms with Crippen molar-refractivity contribution in [2.75, 3.05) is 12.9 Å². The highest BCUT2D eigenvalue weighted by Crippen LogP contribution is 2.36. The van der Waals surface area contributed by atoms with Crippen molar-refractivity contribution in [3.05, 3.63) is 21.1 Å². The van der Waals surface area contributed by atoms with Gasteiger partial charge in [-0.15, -0.1) is 11.8 Å². The maximum absolute atomic E-state index is 5.46. The Hall–Kier alpha value is 0.330. The van der Waals surface area contributed by atoms with Gasteiger partial charge in [0.25, 0.3) is 0 Å². The molecule has 0 aliphatic carbocycles. The zero-order valence-electron chi connectivity index (χ0n) is 7.43. The average Bonchev–Trinajstić information content (AvgIpc) is 2.11. The molecule has 0 saturated carbocycles. The van der Waals surface area contributed by atoms with Gasteiger partial charge in [-0.25, -0.2) is 0 Å². The molecule has 72 valence electrons. The molecule has 0 aliphatic rings. The molecule has 0 atom stereocenters. The highest BCUT2D eigenvalue weighted by molar-refractivity contribution is 9.11. The minimum atomic E-state index is 0.676. The Morgan fingerprint density at radius 2 is 1.85 bits per heavy atom. The molecular weight excluding hydrogens is 316 g/mol. The Morgan fingerprint density at radius 3 is 2.23 bits per heavy atom. The Labute approximate surface area is 99.5 Å². The van der Waals surface area contributed by atoms with Crippen molar-refractivity contribution in [2.45, 2.75) is 11.8 Å². The molecule has 0 N–H and O–H groups in total. The zero-order valence-corrected chi connectivity index (χ0v) is 11.4. The highest BCUT2D eigenvalue weighted by Gasteiger charge is 2.07. The van der Waals surface area contributed by atoms with Gasteiger partial charge >= 0.3 is 0 Å². The van der Waals surface area contributed by atoms with E-state index in [4.69, 9.17) is 4.74 Å². The molecule has 0 unspecified atom stereocenters. The van der Waals surface area contributed by atoms with Gasteiger partial charge in [0.15, 0.2) is 0 Å². The summed E-state index contributed by atoms with van der Waals surface area (Å²) in [6.07, 6.45) is 2.05. The van der Waals surface area contributed by atoms with E-state index < -0.39 is 0 Å². The fourth-order valence-electron chi connectivity index (χ4n) is 0.937. The summed E-state index contributed by atoms with van der Waals surface area (Å²) in [6, 6.07) is 4.11. The summed E-state index contributed by atoms with van der Waals surface area (Å²) in [4.78, 5) is 1.21. The summed E-state index contributed by atoms with van der Waals surface area (Å²) in [5.41, 5.74) is 0. The van der Waals surface area contributed by atoms with Crippen LogP contribution in [0.3, 0.4) is 0 Å². The van der Waals surface area contributed by atoms with E-state index in [1.54, 1.807) is 11.8 Å². The largest absolute Gasteiger partial charge is 0.492 e. The maximum Gasteiger partial charge on any atom is 0.147 e. The molecule has 1 nitrogen and oxygen atoms in total. The number of thioether (sulfide) groups is 1. The first kappa shape index (κ1) is 11.4. The van der Waals surface area contributed by atoms with Gasteiger partial charge in [-0.2, -0.15) is 0 Å². The number of hydrogen-bond acceptors (Lipinski definition) is 2. The number of benzene rings is 1. The minimum Gasteiger partial charge on any atom is -0.492 e. The van der Waals surface area contributed by atoms with Gasteiger partial charge < -0.3 is 4.74 Å². The fraction of sp³-hybridized carbons (Fsp3) is 0.333. The van der Waals surface area contributed by atoms with E-state index in [0.29, 0.717) is 6.61 Å². The van der Waals surface area contributed by atoms with Crippen LogP contribution in [0.4, 0.5) is 0 Å². The summed E-state index contributed by atoms with van der Waals surface area (Å²) in [5, 5.41) is 0. The van der Waals surface area contributed by atoms with Crippen LogP contribution in [0.5, 0.6) is 5.75 Å². The van der Waals surface area contributed by atoms with E-state index in [-0.39, 0.29) is 0 Å². The van der Waals surface area contributed by atoms with Gasteiger partial charge in [-0.05, 0) is 57.2 Å². The van der Waals surface area contributed by atoms with Crippen molar-refractivity contribution in [3.8, 4) is 5.75 Å². The Morgan fingerprint density at radius 1 is 1.31 bits per heavy atom. The van der Waals surface area contributed by atoms with Crippen molar-refractivity contribution in [1.29, 1.82) is 0 Å². The molecule has 4 heteroatoms. The van der Waals surface area contributed by atoms with Gasteiger partial charge in [-0.1, -0.05) is 0 Å². The van der Waals surface area contributed by atoms with Crippen LogP contribution >= 0.6 is 43.6 Å². The van der Waals surface area contributed by atoms with Crippen LogP contribution in [-0.2, 0) is 0 Å². The monoisotopic (exact) mass is 324 g/mol. The first-order valence-electron chi connectivity index (χ1n) is 3.84. The third-order valence-electron chi connectivity index (χ3n) is 1.50. The topological polar surface area (TPSA) is 9.23 Å². The van der Waals surface area contributed by atoms with Crippen LogP contribution in [0.15, 0.2) is 26.0 Å². The summed E-state index contributed by atoms with van der Waals surface area (Å²) < 4.78 is 7.45. The van der Waals surface area contributed by atoms with Crippen LogP contribution in [-0.4, -0.2) is 12.9 Å². The van der Waals surface area contributed by atoms with E-state index in [0.717, 1.165) is 14.7 Å². The molecule has 0 bridgehead atoms. The predicted octanol–water partition coefficient (Wildman–Crippen LogP) is 4.33. The van der Waals surface area contributed by atoms with E-state index in [1.807, 2.05) is 6.92 Å². The van der Waals surface area contributed by atoms with E-state index in [1.165, 1.54) is 4.90 Å². The number of ether oxygens (including phenoxy) is 1. The number of halogens is 2. The third kappa shape index (κ3) is 2.89. The average molecular weight is 326 g/mol. The molecule has 1 aromatic carbocycles. The van der Waals surface area contributed by atoms with Crippen molar-refractivity contribution in [1.82, 2.24) is 0 Å². The standard InChI is InChI=1S/C9H10Br2OS/c1-3-12-9-7(10)4-6(13-2)5-8(9)11/h4-5H,3H2,1-2H3. The van der Waals surface area contributed by atoms with Gasteiger partial charge in [0.1, 0.15) is 5.75 Å². The van der Waals surface area contributed by atoms with Crippen LogP contribution in [0.1, 0.15) is 6.92 Å². The first-order chi connectivity index (χ1) is 6.19. The van der Waals surface area contributed by atoms with E-state index >= 15 is 0 Å². The molecule has 0 radical (unpaired) electrons. The Kier molecular flexibility index (Phi) is 4.62. The van der Waals surface area contributed by atoms with Crippen LogP contribution in [0, 0.1) is 0 Å². The molecule has 0 amide bonds. The maximum atomic E-state index is 5.46. The molecule has 0 aromatic heterocycles. The predicted molar refractivity (Wildman–Crippen MR) is 64.8 cm³/mol. The van der Waals surface area contributed by atoms with E-state index in [9.17, 15) is 0 Å². The molecule has 1 rings (SSSR count). The molecule has 0 spiro atoms. The molecular formula is C9H10Br2OS. The van der Waals surface area contributed by atoms with Crippen molar-refractivity contribution >= 4 is 43.6 Å². The number of hydrogen-bond donors (Lipinski definition) is 0. The highest BCUT2D eigenvalue weighted by atomic mass is 79.9. The number of rotatable bonds is 3. The Balaban J connectivity index is 3.07. The lowest BCUT2D eigenvalue weighted by Crippen LogP contribution is -1.93. The molecule has 0 heterocycles. The summed E-state index contributed by atoms with van der Waals surface area (Å²) >= 11 is 8.65. The van der Waals surface area contributed by atoms with Crippen molar-refractivity contribution in [3.63, 3.8) is 0 Å². The second-order valence-electron chi connectivity index (χ2n) is 2.35. The molecule has 0 saturated heterocycles. The zero-order chi connectivity index (χ0) is 9.84. The lowest BCUT2D eigenvalue weighted by atomic mass is 10.3. The second kappa shape index (κ2) is 5.27. The minimum absolute atomic E-state index is 0.676. The fourth-order valence-corrected chi connectivity index (χ4v) is 3.13. The SMILES string of the molecule is CCOc1c(Br)cc(SC)cc1Br. The summed E-state index contributed by atoms with van der Waals surface area (Å²) in [5.74, 6) is 0.875. The van der Waals surface area contributed by atoms with E-state index in [2.05, 4.69) is 50.2 Å². The van der Waals surface area contributed by atoms with Gasteiger partial charge in [0.2, 0.25) is 0 Å². The molecule has 0 aliphatic heterocycles. The molecule has 1 aromatic rings. The lowest BCUT2D eigenvalue weighted by molar-refractivity contribution is 0.335. The summed E-state index contributed by atoms with van der Waals surface area (Å²) in [7, 11) is 0.